The molecule has 107 heavy (non-hydrogen) atoms. The van der Waals surface area contributed by atoms with Gasteiger partial charge in [0.05, 0.1) is 13.2 Å². The quantitative estimate of drug-likeness (QED) is 0.0155. The van der Waals surface area contributed by atoms with Gasteiger partial charge in [-0.3, -0.25) is 28.8 Å². The summed E-state index contributed by atoms with van der Waals surface area (Å²) in [4.78, 5) is 180. The standard InChI is InChI=1S/C78H141N9O20/c1-73(2,3)102-67(95)81-43-29-22-34-53(61(89)50-55(36-24-31-45-83-69(97)104-75(7,8)9)63(91)52-57(38-26-33-47-85-71(99)106-77(13,14)15)65(93)86-59(66(94)101-19)40-21-28-42-80)48-60(88)54(35-23-30-44-82-68(96)103-74(4,5)6)49-62(90)56(37-25-32-46-84-70(98)105-76(10,11)12)51-64(92)58(39-20-27-41-79)87-72(100)107-78(16,17)18/h53-59H,20-52,79-80H2,1-19H3,(H,81,95)(H,82,96)(H,83,97)(H,84,98)(H,85,99)(H,86,93)(H,87,100)/t53-,54-,55-,56-,57-,58+,59?/m1/s1. The Hall–Kier alpha value is -7.17. The SMILES string of the molecule is COC(=O)C(CCCCN)NC(=O)[C@H](CCCCNC(=O)OC(C)(C)C)CC(=O)[C@H](CCCCNC(=O)OC(C)(C)C)CC(=O)[C@H](CCCCNC(=O)OC(C)(C)C)CC(=O)[C@H](CCCCNC(=O)OC(C)(C)C)CC(=O)[C@H](CCCCNC(=O)OC(C)(C)C)CC(=O)[C@H](CCCCN)NC(=O)OC(C)(C)C. The van der Waals surface area contributed by atoms with Crippen LogP contribution in [-0.4, -0.2) is 176 Å². The maximum Gasteiger partial charge on any atom is 0.408 e. The van der Waals surface area contributed by atoms with Gasteiger partial charge in [0, 0.05) is 94.4 Å². The van der Waals surface area contributed by atoms with Crippen LogP contribution in [-0.2, 0) is 66.7 Å². The lowest BCUT2D eigenvalue weighted by molar-refractivity contribution is -0.146. The van der Waals surface area contributed by atoms with E-state index in [1.54, 1.807) is 125 Å². The minimum absolute atomic E-state index is 0.0911. The first-order valence-electron chi connectivity index (χ1n) is 38.8. The number of hydrogen-bond donors (Lipinski definition) is 9. The highest BCUT2D eigenvalue weighted by Crippen LogP contribution is 2.31. The normalized spacial score (nSPS) is 14.0. The van der Waals surface area contributed by atoms with Gasteiger partial charge in [-0.2, -0.15) is 0 Å². The Morgan fingerprint density at radius 1 is 0.271 bits per heavy atom. The van der Waals surface area contributed by atoms with Crippen LogP contribution in [0.25, 0.3) is 0 Å². The average Bonchev–Trinajstić information content (AvgIpc) is 0.858. The van der Waals surface area contributed by atoms with Gasteiger partial charge < -0.3 is 81.8 Å². The maximum atomic E-state index is 15.5. The first kappa shape index (κ1) is 99.8. The highest BCUT2D eigenvalue weighted by atomic mass is 16.6. The number of ketones is 5. The van der Waals surface area contributed by atoms with Gasteiger partial charge in [-0.1, -0.05) is 32.1 Å². The molecular weight excluding hydrogens is 1380 g/mol. The Morgan fingerprint density at radius 2 is 0.495 bits per heavy atom. The molecule has 0 bridgehead atoms. The van der Waals surface area contributed by atoms with Gasteiger partial charge in [0.25, 0.3) is 0 Å². The van der Waals surface area contributed by atoms with Crippen molar-refractivity contribution in [2.75, 3.05) is 52.9 Å². The number of alkyl carbamates (subject to hydrolysis) is 6. The fraction of sp³-hybridized carbons (Fsp3) is 0.833. The second-order valence-electron chi connectivity index (χ2n) is 33.8. The molecule has 11 N–H and O–H groups in total. The van der Waals surface area contributed by atoms with E-state index in [4.69, 9.17) is 44.6 Å². The topological polar surface area (TPSA) is 423 Å². The summed E-state index contributed by atoms with van der Waals surface area (Å²) in [6.45, 7) is 32.4. The molecule has 0 fully saturated rings. The van der Waals surface area contributed by atoms with Crippen LogP contribution in [0.4, 0.5) is 28.8 Å². The number of carbonyl (C=O) groups is 13. The third kappa shape index (κ3) is 54.1. The molecule has 0 aromatic heterocycles. The summed E-state index contributed by atoms with van der Waals surface area (Å²) in [5.74, 6) is -8.75. The Balaban J connectivity index is 8.13. The van der Waals surface area contributed by atoms with Gasteiger partial charge in [-0.15, -0.1) is 0 Å². The second-order valence-corrected chi connectivity index (χ2v) is 33.8. The predicted octanol–water partition coefficient (Wildman–Crippen LogP) is 12.1. The number of hydrogen-bond acceptors (Lipinski definition) is 22. The second kappa shape index (κ2) is 51.3. The molecule has 0 aliphatic heterocycles. The molecule has 0 aliphatic carbocycles. The van der Waals surface area contributed by atoms with Crippen molar-refractivity contribution in [1.29, 1.82) is 0 Å². The van der Waals surface area contributed by atoms with E-state index in [1.165, 1.54) is 7.11 Å². The molecule has 618 valence electrons. The minimum atomic E-state index is -1.07. The third-order valence-corrected chi connectivity index (χ3v) is 16.4. The van der Waals surface area contributed by atoms with Crippen LogP contribution in [0.15, 0.2) is 0 Å². The van der Waals surface area contributed by atoms with E-state index >= 15 is 19.2 Å². The Bertz CT molecular complexity index is 2740. The number of amides is 7. The van der Waals surface area contributed by atoms with E-state index in [9.17, 15) is 43.2 Å². The molecule has 7 amide bonds. The summed E-state index contributed by atoms with van der Waals surface area (Å²) >= 11 is 0. The van der Waals surface area contributed by atoms with Gasteiger partial charge in [0.1, 0.15) is 62.8 Å². The van der Waals surface area contributed by atoms with Crippen LogP contribution in [0, 0.1) is 29.6 Å². The van der Waals surface area contributed by atoms with Crippen LogP contribution in [0.3, 0.4) is 0 Å². The van der Waals surface area contributed by atoms with Crippen molar-refractivity contribution >= 4 is 77.4 Å². The Kier molecular flexibility index (Phi) is 47.8. The number of rotatable bonds is 52. The van der Waals surface area contributed by atoms with Gasteiger partial charge in [0.2, 0.25) is 5.91 Å². The molecule has 1 unspecified atom stereocenters. The van der Waals surface area contributed by atoms with Crippen LogP contribution in [0.2, 0.25) is 0 Å². The Morgan fingerprint density at radius 3 is 0.748 bits per heavy atom. The van der Waals surface area contributed by atoms with Crippen LogP contribution < -0.4 is 48.7 Å². The van der Waals surface area contributed by atoms with Crippen LogP contribution in [0.1, 0.15) is 292 Å². The van der Waals surface area contributed by atoms with Gasteiger partial charge in [-0.25, -0.2) is 33.6 Å². The number of unbranched alkanes of at least 4 members (excludes halogenated alkanes) is 7. The lowest BCUT2D eigenvalue weighted by atomic mass is 9.78. The fourth-order valence-corrected chi connectivity index (χ4v) is 11.4. The third-order valence-electron chi connectivity index (χ3n) is 16.4. The number of nitrogens with one attached hydrogen (secondary N) is 7. The van der Waals surface area contributed by atoms with Crippen LogP contribution in [0.5, 0.6) is 0 Å². The fourth-order valence-electron chi connectivity index (χ4n) is 11.4. The van der Waals surface area contributed by atoms with Gasteiger partial charge in [0.15, 0.2) is 5.78 Å². The van der Waals surface area contributed by atoms with E-state index < -0.39 is 159 Å². The first-order valence-corrected chi connectivity index (χ1v) is 38.8. The molecular formula is C78H141N9O20. The van der Waals surface area contributed by atoms with Crippen molar-refractivity contribution in [1.82, 2.24) is 37.2 Å². The summed E-state index contributed by atoms with van der Waals surface area (Å²) in [5, 5.41) is 19.1. The molecule has 0 aromatic rings. The number of Topliss-reactive ketones (excluding diaryl/α,β-unsaturated/α-hetero) is 5. The van der Waals surface area contributed by atoms with E-state index in [0.717, 1.165) is 0 Å². The van der Waals surface area contributed by atoms with E-state index in [0.29, 0.717) is 103 Å². The average molecular weight is 1530 g/mol. The summed E-state index contributed by atoms with van der Waals surface area (Å²) in [6.07, 6.45) is 0.399. The lowest BCUT2D eigenvalue weighted by Gasteiger charge is -2.26. The highest BCUT2D eigenvalue weighted by molar-refractivity contribution is 5.97. The number of carbonyl (C=O) groups excluding carboxylic acids is 13. The zero-order valence-corrected chi connectivity index (χ0v) is 68.7. The monoisotopic (exact) mass is 1520 g/mol. The molecule has 0 radical (unpaired) electrons. The molecule has 0 saturated heterocycles. The first-order chi connectivity index (χ1) is 49.6. The number of ether oxygens (including phenoxy) is 7. The summed E-state index contributed by atoms with van der Waals surface area (Å²) in [6, 6.07) is -2.14. The van der Waals surface area contributed by atoms with Crippen molar-refractivity contribution in [3.8, 4) is 0 Å². The van der Waals surface area contributed by atoms with E-state index in [2.05, 4.69) is 37.2 Å². The predicted molar refractivity (Wildman–Crippen MR) is 409 cm³/mol. The molecule has 0 spiro atoms. The van der Waals surface area contributed by atoms with Crippen molar-refractivity contribution in [3.63, 3.8) is 0 Å². The minimum Gasteiger partial charge on any atom is -0.467 e. The van der Waals surface area contributed by atoms with Crippen molar-refractivity contribution in [2.24, 2.45) is 41.1 Å². The highest BCUT2D eigenvalue weighted by Gasteiger charge is 2.36. The molecule has 0 saturated carbocycles. The lowest BCUT2D eigenvalue weighted by Crippen LogP contribution is -2.45. The number of methoxy groups -OCH3 is 1. The summed E-state index contributed by atoms with van der Waals surface area (Å²) in [7, 11) is 1.20. The van der Waals surface area contributed by atoms with Gasteiger partial charge in [-0.05, 0) is 240 Å². The van der Waals surface area contributed by atoms with E-state index in [-0.39, 0.29) is 103 Å². The van der Waals surface area contributed by atoms with Crippen molar-refractivity contribution < 1.29 is 95.5 Å². The molecule has 0 rings (SSSR count). The summed E-state index contributed by atoms with van der Waals surface area (Å²) < 4.78 is 37.7. The number of nitrogens with two attached hydrogens (primary N) is 2. The van der Waals surface area contributed by atoms with E-state index in [1.807, 2.05) is 0 Å². The van der Waals surface area contributed by atoms with Gasteiger partial charge >= 0.3 is 42.5 Å². The molecule has 7 atom stereocenters. The summed E-state index contributed by atoms with van der Waals surface area (Å²) in [5.41, 5.74) is 6.83. The van der Waals surface area contributed by atoms with Crippen molar-refractivity contribution in [3.05, 3.63) is 0 Å². The number of esters is 1. The largest absolute Gasteiger partial charge is 0.467 e. The smallest absolute Gasteiger partial charge is 0.408 e. The Labute approximate surface area is 638 Å². The molecule has 29 heteroatoms. The molecule has 0 aromatic carbocycles. The van der Waals surface area contributed by atoms with Crippen molar-refractivity contribution in [2.45, 2.75) is 337 Å². The zero-order valence-electron chi connectivity index (χ0n) is 68.7. The molecule has 0 heterocycles. The zero-order chi connectivity index (χ0) is 81.8. The van der Waals surface area contributed by atoms with Crippen LogP contribution >= 0.6 is 0 Å². The maximum absolute atomic E-state index is 15.5. The molecule has 0 aliphatic rings. The molecule has 29 nitrogen and oxygen atoms in total.